The number of benzene rings is 1. The highest BCUT2D eigenvalue weighted by atomic mass is 35.5. The standard InChI is InChI=1S/C13H19N3O5S.ClH/c1-9-8-15(6-5-11(9)14)22(19,20)13-4-3-10(16(17)18)7-12(13)21-2;/h3-4,7,9,11H,5-6,8,14H2,1-2H3;1H. The zero-order valence-corrected chi connectivity index (χ0v) is 14.5. The first kappa shape index (κ1) is 19.6. The second-order valence-corrected chi connectivity index (χ2v) is 7.29. The molecule has 1 heterocycles. The third-order valence-electron chi connectivity index (χ3n) is 3.91. The zero-order valence-electron chi connectivity index (χ0n) is 12.8. The molecule has 1 aliphatic rings. The molecular formula is C13H20ClN3O5S. The summed E-state index contributed by atoms with van der Waals surface area (Å²) in [6.07, 6.45) is 0.579. The van der Waals surface area contributed by atoms with E-state index in [1.54, 1.807) is 0 Å². The Labute approximate surface area is 141 Å². The number of nitro groups is 1. The van der Waals surface area contributed by atoms with Crippen LogP contribution in [-0.4, -0.2) is 43.9 Å². The van der Waals surface area contributed by atoms with Crippen LogP contribution in [0.5, 0.6) is 5.75 Å². The molecule has 0 radical (unpaired) electrons. The minimum atomic E-state index is -3.77. The number of nitrogens with two attached hydrogens (primary N) is 1. The fourth-order valence-electron chi connectivity index (χ4n) is 2.47. The van der Waals surface area contributed by atoms with Gasteiger partial charge in [0.05, 0.1) is 18.1 Å². The molecule has 1 aliphatic heterocycles. The van der Waals surface area contributed by atoms with Crippen LogP contribution in [-0.2, 0) is 10.0 Å². The highest BCUT2D eigenvalue weighted by molar-refractivity contribution is 7.89. The molecule has 8 nitrogen and oxygen atoms in total. The average molecular weight is 366 g/mol. The number of ether oxygens (including phenoxy) is 1. The topological polar surface area (TPSA) is 116 Å². The van der Waals surface area contributed by atoms with Crippen molar-refractivity contribution in [3.63, 3.8) is 0 Å². The summed E-state index contributed by atoms with van der Waals surface area (Å²) in [7, 11) is -2.49. The maximum absolute atomic E-state index is 12.7. The smallest absolute Gasteiger partial charge is 0.273 e. The molecule has 0 saturated carbocycles. The van der Waals surface area contributed by atoms with Crippen molar-refractivity contribution in [2.45, 2.75) is 24.3 Å². The lowest BCUT2D eigenvalue weighted by Crippen LogP contribution is -2.48. The fourth-order valence-corrected chi connectivity index (χ4v) is 4.16. The average Bonchev–Trinajstić information content (AvgIpc) is 2.49. The summed E-state index contributed by atoms with van der Waals surface area (Å²) in [5, 5.41) is 10.8. The first-order chi connectivity index (χ1) is 10.3. The van der Waals surface area contributed by atoms with Crippen molar-refractivity contribution in [2.75, 3.05) is 20.2 Å². The number of hydrogen-bond acceptors (Lipinski definition) is 6. The Bertz CT molecular complexity index is 682. The molecule has 0 aromatic heterocycles. The molecule has 1 saturated heterocycles. The van der Waals surface area contributed by atoms with Crippen LogP contribution in [0.2, 0.25) is 0 Å². The number of nitro benzene ring substituents is 1. The molecule has 0 spiro atoms. The van der Waals surface area contributed by atoms with Crippen molar-refractivity contribution in [1.29, 1.82) is 0 Å². The van der Waals surface area contributed by atoms with Gasteiger partial charge >= 0.3 is 0 Å². The molecule has 0 bridgehead atoms. The molecule has 2 unspecified atom stereocenters. The van der Waals surface area contributed by atoms with Crippen LogP contribution in [0, 0.1) is 16.0 Å². The first-order valence-electron chi connectivity index (χ1n) is 6.85. The molecule has 2 atom stereocenters. The van der Waals surface area contributed by atoms with Gasteiger partial charge in [-0.05, 0) is 18.4 Å². The second-order valence-electron chi connectivity index (χ2n) is 5.39. The molecule has 23 heavy (non-hydrogen) atoms. The van der Waals surface area contributed by atoms with Crippen LogP contribution in [0.25, 0.3) is 0 Å². The third kappa shape index (κ3) is 3.92. The van der Waals surface area contributed by atoms with E-state index in [0.717, 1.165) is 12.1 Å². The number of hydrogen-bond donors (Lipinski definition) is 1. The predicted molar refractivity (Wildman–Crippen MR) is 87.4 cm³/mol. The van der Waals surface area contributed by atoms with Gasteiger partial charge in [-0.2, -0.15) is 4.31 Å². The van der Waals surface area contributed by atoms with Crippen LogP contribution in [0.1, 0.15) is 13.3 Å². The summed E-state index contributed by atoms with van der Waals surface area (Å²) in [5.41, 5.74) is 5.69. The van der Waals surface area contributed by atoms with Crippen LogP contribution >= 0.6 is 12.4 Å². The Balaban J connectivity index is 0.00000264. The lowest BCUT2D eigenvalue weighted by molar-refractivity contribution is -0.385. The minimum absolute atomic E-state index is 0. The van der Waals surface area contributed by atoms with E-state index in [1.807, 2.05) is 6.92 Å². The van der Waals surface area contributed by atoms with Crippen LogP contribution in [0.15, 0.2) is 23.1 Å². The summed E-state index contributed by atoms with van der Waals surface area (Å²) in [4.78, 5) is 10.1. The molecule has 0 aliphatic carbocycles. The fraction of sp³-hybridized carbons (Fsp3) is 0.538. The van der Waals surface area contributed by atoms with Crippen molar-refractivity contribution >= 4 is 28.1 Å². The third-order valence-corrected chi connectivity index (χ3v) is 5.81. The normalized spacial score (nSPS) is 22.2. The highest BCUT2D eigenvalue weighted by Gasteiger charge is 2.34. The Hall–Kier alpha value is -1.42. The summed E-state index contributed by atoms with van der Waals surface area (Å²) < 4.78 is 31.8. The Morgan fingerprint density at radius 2 is 2.09 bits per heavy atom. The monoisotopic (exact) mass is 365 g/mol. The largest absolute Gasteiger partial charge is 0.495 e. The van der Waals surface area contributed by atoms with E-state index in [-0.39, 0.29) is 40.7 Å². The Kier molecular flexibility index (Phi) is 6.34. The molecule has 0 amide bonds. The van der Waals surface area contributed by atoms with Crippen molar-refractivity contribution in [3.05, 3.63) is 28.3 Å². The predicted octanol–water partition coefficient (Wildman–Crippen LogP) is 1.38. The van der Waals surface area contributed by atoms with Gasteiger partial charge in [-0.3, -0.25) is 10.1 Å². The highest BCUT2D eigenvalue weighted by Crippen LogP contribution is 2.32. The van der Waals surface area contributed by atoms with Gasteiger partial charge in [0.15, 0.2) is 0 Å². The van der Waals surface area contributed by atoms with E-state index in [1.165, 1.54) is 17.5 Å². The van der Waals surface area contributed by atoms with Gasteiger partial charge < -0.3 is 10.5 Å². The Morgan fingerprint density at radius 3 is 2.61 bits per heavy atom. The van der Waals surface area contributed by atoms with Crippen LogP contribution in [0.4, 0.5) is 5.69 Å². The van der Waals surface area contributed by atoms with E-state index in [4.69, 9.17) is 10.5 Å². The maximum Gasteiger partial charge on any atom is 0.273 e. The van der Waals surface area contributed by atoms with Crippen molar-refractivity contribution in [2.24, 2.45) is 11.7 Å². The molecule has 1 aromatic carbocycles. The van der Waals surface area contributed by atoms with Crippen molar-refractivity contribution < 1.29 is 18.1 Å². The van der Waals surface area contributed by atoms with E-state index >= 15 is 0 Å². The number of non-ortho nitro benzene ring substituents is 1. The van der Waals surface area contributed by atoms with Gasteiger partial charge in [0.25, 0.3) is 5.69 Å². The lowest BCUT2D eigenvalue weighted by atomic mass is 9.96. The summed E-state index contributed by atoms with van der Waals surface area (Å²) >= 11 is 0. The summed E-state index contributed by atoms with van der Waals surface area (Å²) in [6.45, 7) is 2.55. The molecule has 2 rings (SSSR count). The summed E-state index contributed by atoms with van der Waals surface area (Å²) in [6, 6.07) is 3.47. The second kappa shape index (κ2) is 7.43. The van der Waals surface area contributed by atoms with Gasteiger partial charge in [0.1, 0.15) is 10.6 Å². The van der Waals surface area contributed by atoms with E-state index in [0.29, 0.717) is 19.5 Å². The van der Waals surface area contributed by atoms with Crippen LogP contribution in [0.3, 0.4) is 0 Å². The quantitative estimate of drug-likeness (QED) is 0.636. The van der Waals surface area contributed by atoms with E-state index in [9.17, 15) is 18.5 Å². The van der Waals surface area contributed by atoms with Crippen molar-refractivity contribution in [3.8, 4) is 5.75 Å². The minimum Gasteiger partial charge on any atom is -0.495 e. The molecule has 10 heteroatoms. The van der Waals surface area contributed by atoms with Gasteiger partial charge in [0.2, 0.25) is 10.0 Å². The van der Waals surface area contributed by atoms with Crippen molar-refractivity contribution in [1.82, 2.24) is 4.31 Å². The van der Waals surface area contributed by atoms with E-state index in [2.05, 4.69) is 0 Å². The SMILES string of the molecule is COc1cc([N+](=O)[O-])ccc1S(=O)(=O)N1CCC(N)C(C)C1.Cl. The number of piperidine rings is 1. The molecule has 2 N–H and O–H groups in total. The van der Waals surface area contributed by atoms with Gasteiger partial charge in [-0.1, -0.05) is 6.92 Å². The molecular weight excluding hydrogens is 346 g/mol. The molecule has 1 fully saturated rings. The van der Waals surface area contributed by atoms with Gasteiger partial charge in [-0.15, -0.1) is 12.4 Å². The number of halogens is 1. The summed E-state index contributed by atoms with van der Waals surface area (Å²) in [5.74, 6) is 0.0179. The number of rotatable bonds is 4. The number of methoxy groups -OCH3 is 1. The number of sulfonamides is 1. The first-order valence-corrected chi connectivity index (χ1v) is 8.29. The Morgan fingerprint density at radius 1 is 1.43 bits per heavy atom. The zero-order chi connectivity index (χ0) is 16.5. The van der Waals surface area contributed by atoms with Gasteiger partial charge in [-0.25, -0.2) is 8.42 Å². The maximum atomic E-state index is 12.7. The molecule has 1 aromatic rings. The number of nitrogens with zero attached hydrogens (tertiary/aromatic N) is 2. The van der Waals surface area contributed by atoms with E-state index < -0.39 is 14.9 Å². The van der Waals surface area contributed by atoms with Crippen LogP contribution < -0.4 is 10.5 Å². The lowest BCUT2D eigenvalue weighted by Gasteiger charge is -2.34. The van der Waals surface area contributed by atoms with Gasteiger partial charge in [0, 0.05) is 25.2 Å². The molecule has 130 valence electrons.